The number of nitrogens with zero attached hydrogens (tertiary/aromatic N) is 4. The molecule has 0 saturated carbocycles. The van der Waals surface area contributed by atoms with Crippen LogP contribution in [0.4, 0.5) is 5.82 Å². The minimum Gasteiger partial charge on any atom is -0.382 e. The van der Waals surface area contributed by atoms with Crippen molar-refractivity contribution in [3.05, 3.63) is 48.8 Å². The number of benzene rings is 1. The Labute approximate surface area is 164 Å². The van der Waals surface area contributed by atoms with E-state index < -0.39 is 0 Å². The first-order valence-electron chi connectivity index (χ1n) is 9.45. The van der Waals surface area contributed by atoms with E-state index in [0.29, 0.717) is 32.3 Å². The normalized spacial score (nSPS) is 17.2. The number of para-hydroxylation sites is 1. The Hall–Kier alpha value is -2.61. The quantitative estimate of drug-likeness (QED) is 0.584. The standard InChI is InChI=1S/C21H24N4O3/c1-26-11-12-27-15-17-14-25(9-10-28-17)21-18-6-2-3-7-19(18)23-20(24-21)16-5-4-8-22-13-16/h2-8,13,17H,9-12,14-15H2,1H3. The molecule has 0 aliphatic carbocycles. The van der Waals surface area contributed by atoms with E-state index in [4.69, 9.17) is 24.2 Å². The second-order valence-corrected chi connectivity index (χ2v) is 6.64. The van der Waals surface area contributed by atoms with Crippen molar-refractivity contribution >= 4 is 16.7 Å². The third-order valence-corrected chi connectivity index (χ3v) is 4.68. The first-order chi connectivity index (χ1) is 13.8. The summed E-state index contributed by atoms with van der Waals surface area (Å²) in [5, 5.41) is 1.04. The molecule has 28 heavy (non-hydrogen) atoms. The first kappa shape index (κ1) is 18.7. The number of morpholine rings is 1. The van der Waals surface area contributed by atoms with Gasteiger partial charge in [-0.2, -0.15) is 0 Å². The van der Waals surface area contributed by atoms with Crippen molar-refractivity contribution in [3.8, 4) is 11.4 Å². The Balaban J connectivity index is 1.61. The minimum absolute atomic E-state index is 0.00109. The summed E-state index contributed by atoms with van der Waals surface area (Å²) in [6.07, 6.45) is 3.54. The highest BCUT2D eigenvalue weighted by atomic mass is 16.5. The number of ether oxygens (including phenoxy) is 3. The van der Waals surface area contributed by atoms with E-state index in [1.165, 1.54) is 0 Å². The van der Waals surface area contributed by atoms with Crippen LogP contribution in [0, 0.1) is 0 Å². The number of hydrogen-bond acceptors (Lipinski definition) is 7. The monoisotopic (exact) mass is 380 g/mol. The van der Waals surface area contributed by atoms with E-state index in [0.717, 1.165) is 35.4 Å². The molecule has 1 aliphatic rings. The van der Waals surface area contributed by atoms with Gasteiger partial charge < -0.3 is 19.1 Å². The Kier molecular flexibility index (Phi) is 6.06. The molecule has 0 N–H and O–H groups in total. The number of methoxy groups -OCH3 is 1. The molecule has 0 bridgehead atoms. The molecule has 1 aromatic carbocycles. The van der Waals surface area contributed by atoms with E-state index in [-0.39, 0.29) is 6.10 Å². The fourth-order valence-corrected chi connectivity index (χ4v) is 3.29. The van der Waals surface area contributed by atoms with Crippen molar-refractivity contribution in [2.75, 3.05) is 51.5 Å². The van der Waals surface area contributed by atoms with Gasteiger partial charge in [-0.1, -0.05) is 12.1 Å². The van der Waals surface area contributed by atoms with Crippen LogP contribution in [0.1, 0.15) is 0 Å². The maximum absolute atomic E-state index is 5.88. The minimum atomic E-state index is 0.00109. The van der Waals surface area contributed by atoms with Crippen LogP contribution in [0.15, 0.2) is 48.8 Å². The molecular weight excluding hydrogens is 356 g/mol. The zero-order valence-electron chi connectivity index (χ0n) is 16.0. The van der Waals surface area contributed by atoms with Crippen LogP contribution in [0.25, 0.3) is 22.3 Å². The fraction of sp³-hybridized carbons (Fsp3) is 0.381. The van der Waals surface area contributed by atoms with Crippen LogP contribution in [-0.4, -0.2) is 67.7 Å². The molecule has 0 spiro atoms. The molecule has 1 fully saturated rings. The Morgan fingerprint density at radius 3 is 2.93 bits per heavy atom. The van der Waals surface area contributed by atoms with Crippen LogP contribution >= 0.6 is 0 Å². The van der Waals surface area contributed by atoms with Gasteiger partial charge in [-0.15, -0.1) is 0 Å². The van der Waals surface area contributed by atoms with Gasteiger partial charge in [-0.05, 0) is 24.3 Å². The Morgan fingerprint density at radius 1 is 1.14 bits per heavy atom. The average molecular weight is 380 g/mol. The van der Waals surface area contributed by atoms with Crippen molar-refractivity contribution in [2.24, 2.45) is 0 Å². The van der Waals surface area contributed by atoms with Gasteiger partial charge in [0.15, 0.2) is 5.82 Å². The molecule has 7 nitrogen and oxygen atoms in total. The van der Waals surface area contributed by atoms with Gasteiger partial charge in [0.1, 0.15) is 5.82 Å². The van der Waals surface area contributed by atoms with E-state index >= 15 is 0 Å². The smallest absolute Gasteiger partial charge is 0.163 e. The van der Waals surface area contributed by atoms with Gasteiger partial charge in [0.2, 0.25) is 0 Å². The van der Waals surface area contributed by atoms with E-state index in [2.05, 4.69) is 16.0 Å². The molecule has 0 radical (unpaired) electrons. The average Bonchev–Trinajstić information content (AvgIpc) is 2.77. The SMILES string of the molecule is COCCOCC1CN(c2nc(-c3cccnc3)nc3ccccc23)CCO1. The van der Waals surface area contributed by atoms with Crippen molar-refractivity contribution in [2.45, 2.75) is 6.10 Å². The van der Waals surface area contributed by atoms with Crippen LogP contribution < -0.4 is 4.90 Å². The second-order valence-electron chi connectivity index (χ2n) is 6.64. The molecule has 1 aliphatic heterocycles. The summed E-state index contributed by atoms with van der Waals surface area (Å²) in [6, 6.07) is 12.0. The highest BCUT2D eigenvalue weighted by Gasteiger charge is 2.24. The summed E-state index contributed by atoms with van der Waals surface area (Å²) >= 11 is 0. The van der Waals surface area contributed by atoms with Gasteiger partial charge in [0.05, 0.1) is 38.0 Å². The van der Waals surface area contributed by atoms with Crippen LogP contribution in [-0.2, 0) is 14.2 Å². The summed E-state index contributed by atoms with van der Waals surface area (Å²) in [5.41, 5.74) is 1.83. The van der Waals surface area contributed by atoms with Crippen LogP contribution in [0.2, 0.25) is 0 Å². The molecule has 3 heterocycles. The number of pyridine rings is 1. The van der Waals surface area contributed by atoms with Gasteiger partial charge in [0.25, 0.3) is 0 Å². The lowest BCUT2D eigenvalue weighted by atomic mass is 10.2. The van der Waals surface area contributed by atoms with Gasteiger partial charge in [-0.25, -0.2) is 9.97 Å². The largest absolute Gasteiger partial charge is 0.382 e. The Bertz CT molecular complexity index is 907. The molecule has 0 amide bonds. The molecule has 146 valence electrons. The third-order valence-electron chi connectivity index (χ3n) is 4.68. The lowest BCUT2D eigenvalue weighted by molar-refractivity contribution is -0.0330. The van der Waals surface area contributed by atoms with Crippen LogP contribution in [0.5, 0.6) is 0 Å². The summed E-state index contributed by atoms with van der Waals surface area (Å²) in [5.74, 6) is 1.61. The van der Waals surface area contributed by atoms with E-state index in [9.17, 15) is 0 Å². The first-order valence-corrected chi connectivity index (χ1v) is 9.45. The predicted octanol–water partition coefficient (Wildman–Crippen LogP) is 2.56. The molecular formula is C21H24N4O3. The summed E-state index contributed by atoms with van der Waals surface area (Å²) in [7, 11) is 1.67. The molecule has 1 unspecified atom stereocenters. The summed E-state index contributed by atoms with van der Waals surface area (Å²) in [6.45, 7) is 3.83. The summed E-state index contributed by atoms with van der Waals surface area (Å²) < 4.78 is 16.6. The third kappa shape index (κ3) is 4.27. The van der Waals surface area contributed by atoms with E-state index in [1.54, 1.807) is 19.5 Å². The molecule has 4 rings (SSSR count). The molecule has 2 aromatic heterocycles. The number of rotatable bonds is 7. The maximum Gasteiger partial charge on any atom is 0.163 e. The lowest BCUT2D eigenvalue weighted by Crippen LogP contribution is -2.45. The number of hydrogen-bond donors (Lipinski definition) is 0. The van der Waals surface area contributed by atoms with Crippen molar-refractivity contribution < 1.29 is 14.2 Å². The Morgan fingerprint density at radius 2 is 2.07 bits per heavy atom. The van der Waals surface area contributed by atoms with Gasteiger partial charge >= 0.3 is 0 Å². The number of aromatic nitrogens is 3. The number of anilines is 1. The molecule has 1 saturated heterocycles. The van der Waals surface area contributed by atoms with Gasteiger partial charge in [-0.3, -0.25) is 4.98 Å². The fourth-order valence-electron chi connectivity index (χ4n) is 3.29. The highest BCUT2D eigenvalue weighted by molar-refractivity contribution is 5.91. The molecule has 7 heteroatoms. The van der Waals surface area contributed by atoms with Crippen LogP contribution in [0.3, 0.4) is 0 Å². The van der Waals surface area contributed by atoms with Crippen molar-refractivity contribution in [1.29, 1.82) is 0 Å². The van der Waals surface area contributed by atoms with Crippen molar-refractivity contribution in [3.63, 3.8) is 0 Å². The van der Waals surface area contributed by atoms with E-state index in [1.807, 2.05) is 30.3 Å². The molecule has 3 aromatic rings. The zero-order chi connectivity index (χ0) is 19.2. The second kappa shape index (κ2) is 9.05. The summed E-state index contributed by atoms with van der Waals surface area (Å²) in [4.78, 5) is 16.1. The number of fused-ring (bicyclic) bond motifs is 1. The van der Waals surface area contributed by atoms with Gasteiger partial charge in [0, 0.05) is 43.5 Å². The maximum atomic E-state index is 5.88. The molecule has 1 atom stereocenters. The van der Waals surface area contributed by atoms with Crippen molar-refractivity contribution in [1.82, 2.24) is 15.0 Å². The zero-order valence-corrected chi connectivity index (χ0v) is 16.0. The predicted molar refractivity (Wildman–Crippen MR) is 107 cm³/mol. The highest BCUT2D eigenvalue weighted by Crippen LogP contribution is 2.28. The lowest BCUT2D eigenvalue weighted by Gasteiger charge is -2.34. The topological polar surface area (TPSA) is 69.6 Å².